The summed E-state index contributed by atoms with van der Waals surface area (Å²) in [6, 6.07) is 8.93. The number of nitrogens with one attached hydrogen (secondary N) is 1. The summed E-state index contributed by atoms with van der Waals surface area (Å²) in [7, 11) is 0. The number of hydrogen-bond acceptors (Lipinski definition) is 4. The lowest BCUT2D eigenvalue weighted by Crippen LogP contribution is -2.15. The van der Waals surface area contributed by atoms with Gasteiger partial charge in [-0.3, -0.25) is 4.79 Å². The van der Waals surface area contributed by atoms with Gasteiger partial charge in [-0.15, -0.1) is 0 Å². The number of carbonyl (C=O) groups excluding carboxylic acids is 1. The molecule has 2 heterocycles. The first-order valence-corrected chi connectivity index (χ1v) is 6.01. The van der Waals surface area contributed by atoms with Crippen LogP contribution < -0.4 is 15.8 Å². The van der Waals surface area contributed by atoms with Gasteiger partial charge in [0, 0.05) is 18.3 Å². The molecule has 5 nitrogen and oxygen atoms in total. The van der Waals surface area contributed by atoms with Crippen molar-refractivity contribution >= 4 is 17.3 Å². The summed E-state index contributed by atoms with van der Waals surface area (Å²) in [5, 5.41) is 2.79. The molecule has 1 aromatic heterocycles. The topological polar surface area (TPSA) is 77.2 Å². The van der Waals surface area contributed by atoms with Crippen molar-refractivity contribution in [3.05, 3.63) is 47.8 Å². The van der Waals surface area contributed by atoms with Crippen LogP contribution in [0.25, 0.3) is 0 Å². The highest BCUT2D eigenvalue weighted by Gasteiger charge is 2.15. The number of pyridine rings is 1. The first-order valence-electron chi connectivity index (χ1n) is 6.01. The molecular weight excluding hydrogens is 242 g/mol. The van der Waals surface area contributed by atoms with E-state index < -0.39 is 0 Å². The van der Waals surface area contributed by atoms with Gasteiger partial charge in [-0.05, 0) is 35.9 Å². The maximum atomic E-state index is 12.1. The fourth-order valence-electron chi connectivity index (χ4n) is 2.06. The molecule has 0 unspecified atom stereocenters. The number of nitrogens with zero attached hydrogens (tertiary/aromatic N) is 1. The number of rotatable bonds is 2. The van der Waals surface area contributed by atoms with Gasteiger partial charge in [-0.25, -0.2) is 4.98 Å². The van der Waals surface area contributed by atoms with E-state index in [9.17, 15) is 4.79 Å². The van der Waals surface area contributed by atoms with Crippen molar-refractivity contribution in [1.29, 1.82) is 0 Å². The number of benzene rings is 1. The third-order valence-electron chi connectivity index (χ3n) is 3.00. The Morgan fingerprint density at radius 3 is 3.11 bits per heavy atom. The van der Waals surface area contributed by atoms with Gasteiger partial charge in [-0.1, -0.05) is 0 Å². The van der Waals surface area contributed by atoms with Crippen molar-refractivity contribution in [3.8, 4) is 5.75 Å². The zero-order valence-electron chi connectivity index (χ0n) is 10.2. The lowest BCUT2D eigenvalue weighted by atomic mass is 10.1. The highest BCUT2D eigenvalue weighted by molar-refractivity contribution is 6.06. The molecule has 0 saturated heterocycles. The summed E-state index contributed by atoms with van der Waals surface area (Å²) < 4.78 is 5.42. The van der Waals surface area contributed by atoms with Crippen LogP contribution in [0.5, 0.6) is 5.75 Å². The lowest BCUT2D eigenvalue weighted by Gasteiger charge is -2.07. The lowest BCUT2D eigenvalue weighted by molar-refractivity contribution is 0.102. The van der Waals surface area contributed by atoms with E-state index in [1.165, 1.54) is 0 Å². The molecule has 0 spiro atoms. The Balaban J connectivity index is 1.82. The predicted octanol–water partition coefficient (Wildman–Crippen LogP) is 1.85. The Hall–Kier alpha value is -2.56. The number of anilines is 2. The summed E-state index contributed by atoms with van der Waals surface area (Å²) >= 11 is 0. The molecule has 3 rings (SSSR count). The molecular formula is C14H13N3O2. The number of fused-ring (bicyclic) bond motifs is 1. The molecule has 0 fully saturated rings. The molecule has 0 radical (unpaired) electrons. The standard InChI is InChI=1S/C14H13N3O2/c15-11-2-1-6-16-13(11)14(18)17-10-3-4-12-9(8-10)5-7-19-12/h1-4,6,8H,5,7,15H2,(H,17,18). The van der Waals surface area contributed by atoms with E-state index in [0.29, 0.717) is 12.3 Å². The zero-order valence-corrected chi connectivity index (χ0v) is 10.2. The number of ether oxygens (including phenoxy) is 1. The number of amides is 1. The van der Waals surface area contributed by atoms with Gasteiger partial charge in [0.2, 0.25) is 0 Å². The average Bonchev–Trinajstić information content (AvgIpc) is 2.86. The van der Waals surface area contributed by atoms with E-state index in [0.717, 1.165) is 23.4 Å². The first kappa shape index (κ1) is 11.5. The van der Waals surface area contributed by atoms with E-state index in [4.69, 9.17) is 10.5 Å². The van der Waals surface area contributed by atoms with Crippen LogP contribution in [0.1, 0.15) is 16.1 Å². The fraction of sp³-hybridized carbons (Fsp3) is 0.143. The third kappa shape index (κ3) is 2.22. The molecule has 2 aromatic rings. The molecule has 0 bridgehead atoms. The Bertz CT molecular complexity index is 640. The van der Waals surface area contributed by atoms with Gasteiger partial charge >= 0.3 is 0 Å². The Kier molecular flexibility index (Phi) is 2.79. The number of nitrogen functional groups attached to an aromatic ring is 1. The number of hydrogen-bond donors (Lipinski definition) is 2. The van der Waals surface area contributed by atoms with Crippen LogP contribution in [-0.4, -0.2) is 17.5 Å². The highest BCUT2D eigenvalue weighted by atomic mass is 16.5. The van der Waals surface area contributed by atoms with Gasteiger partial charge < -0.3 is 15.8 Å². The average molecular weight is 255 g/mol. The van der Waals surface area contributed by atoms with Crippen LogP contribution in [-0.2, 0) is 6.42 Å². The van der Waals surface area contributed by atoms with Crippen molar-refractivity contribution < 1.29 is 9.53 Å². The number of aromatic nitrogens is 1. The van der Waals surface area contributed by atoms with Crippen LogP contribution in [0, 0.1) is 0 Å². The highest BCUT2D eigenvalue weighted by Crippen LogP contribution is 2.28. The molecule has 3 N–H and O–H groups in total. The van der Waals surface area contributed by atoms with Crippen molar-refractivity contribution in [1.82, 2.24) is 4.98 Å². The first-order chi connectivity index (χ1) is 9.24. The zero-order chi connectivity index (χ0) is 13.2. The molecule has 5 heteroatoms. The smallest absolute Gasteiger partial charge is 0.276 e. The fourth-order valence-corrected chi connectivity index (χ4v) is 2.06. The van der Waals surface area contributed by atoms with Gasteiger partial charge in [0.15, 0.2) is 5.69 Å². The van der Waals surface area contributed by atoms with Crippen molar-refractivity contribution in [3.63, 3.8) is 0 Å². The van der Waals surface area contributed by atoms with Crippen LogP contribution in [0.4, 0.5) is 11.4 Å². The van der Waals surface area contributed by atoms with E-state index in [1.54, 1.807) is 24.4 Å². The SMILES string of the molecule is Nc1cccnc1C(=O)Nc1ccc2c(c1)CCO2. The summed E-state index contributed by atoms with van der Waals surface area (Å²) in [5.74, 6) is 0.576. The van der Waals surface area contributed by atoms with Gasteiger partial charge in [0.05, 0.1) is 12.3 Å². The van der Waals surface area contributed by atoms with Crippen LogP contribution in [0.2, 0.25) is 0 Å². The van der Waals surface area contributed by atoms with Crippen LogP contribution in [0.3, 0.4) is 0 Å². The maximum Gasteiger partial charge on any atom is 0.276 e. The quantitative estimate of drug-likeness (QED) is 0.858. The van der Waals surface area contributed by atoms with Gasteiger partial charge in [0.1, 0.15) is 5.75 Å². The minimum absolute atomic E-state index is 0.235. The van der Waals surface area contributed by atoms with Crippen molar-refractivity contribution in [2.45, 2.75) is 6.42 Å². The van der Waals surface area contributed by atoms with Gasteiger partial charge in [0.25, 0.3) is 5.91 Å². The maximum absolute atomic E-state index is 12.1. The predicted molar refractivity (Wildman–Crippen MR) is 72.2 cm³/mol. The summed E-state index contributed by atoms with van der Waals surface area (Å²) in [6.07, 6.45) is 2.41. The third-order valence-corrected chi connectivity index (χ3v) is 3.00. The minimum Gasteiger partial charge on any atom is -0.493 e. The monoisotopic (exact) mass is 255 g/mol. The molecule has 0 saturated carbocycles. The number of carbonyl (C=O) groups is 1. The molecule has 1 aromatic carbocycles. The Labute approximate surface area is 110 Å². The van der Waals surface area contributed by atoms with Crippen LogP contribution >= 0.6 is 0 Å². The summed E-state index contributed by atoms with van der Waals surface area (Å²) in [6.45, 7) is 0.694. The van der Waals surface area contributed by atoms with Crippen LogP contribution in [0.15, 0.2) is 36.5 Å². The Morgan fingerprint density at radius 2 is 2.26 bits per heavy atom. The van der Waals surface area contributed by atoms with E-state index >= 15 is 0 Å². The molecule has 96 valence electrons. The van der Waals surface area contributed by atoms with Crippen molar-refractivity contribution in [2.24, 2.45) is 0 Å². The van der Waals surface area contributed by atoms with E-state index in [1.807, 2.05) is 12.1 Å². The molecule has 1 amide bonds. The minimum atomic E-state index is -0.308. The van der Waals surface area contributed by atoms with E-state index in [2.05, 4.69) is 10.3 Å². The second-order valence-corrected chi connectivity index (χ2v) is 4.32. The second kappa shape index (κ2) is 4.61. The Morgan fingerprint density at radius 1 is 1.37 bits per heavy atom. The molecule has 1 aliphatic rings. The molecule has 1 aliphatic heterocycles. The largest absolute Gasteiger partial charge is 0.493 e. The molecule has 0 aliphatic carbocycles. The van der Waals surface area contributed by atoms with Crippen molar-refractivity contribution in [2.75, 3.05) is 17.7 Å². The molecule has 19 heavy (non-hydrogen) atoms. The van der Waals surface area contributed by atoms with Gasteiger partial charge in [-0.2, -0.15) is 0 Å². The summed E-state index contributed by atoms with van der Waals surface area (Å²) in [5.41, 5.74) is 8.15. The normalized spacial score (nSPS) is 12.6. The number of nitrogens with two attached hydrogens (primary N) is 1. The second-order valence-electron chi connectivity index (χ2n) is 4.32. The summed E-state index contributed by atoms with van der Waals surface area (Å²) in [4.78, 5) is 16.0. The van der Waals surface area contributed by atoms with E-state index in [-0.39, 0.29) is 11.6 Å². The molecule has 0 atom stereocenters.